The number of hydrogen-bond donors (Lipinski definition) is 1. The summed E-state index contributed by atoms with van der Waals surface area (Å²) >= 11 is 0. The maximum absolute atomic E-state index is 5.61. The smallest absolute Gasteiger partial charge is 0.122 e. The van der Waals surface area contributed by atoms with Gasteiger partial charge in [-0.05, 0) is 26.1 Å². The molecule has 3 heteroatoms. The second kappa shape index (κ2) is 6.64. The van der Waals surface area contributed by atoms with Crippen molar-refractivity contribution in [3.63, 3.8) is 0 Å². The van der Waals surface area contributed by atoms with E-state index < -0.39 is 0 Å². The molecule has 86 valence electrons. The van der Waals surface area contributed by atoms with Crippen molar-refractivity contribution in [2.24, 2.45) is 5.73 Å². The minimum absolute atomic E-state index is 0.564. The molecular weight excluding hydrogens is 188 g/mol. The Labute approximate surface area is 92.2 Å². The molecule has 1 aromatic rings. The van der Waals surface area contributed by atoms with Gasteiger partial charge in [0.15, 0.2) is 0 Å². The van der Waals surface area contributed by atoms with Gasteiger partial charge in [-0.2, -0.15) is 0 Å². The van der Waals surface area contributed by atoms with E-state index in [1.165, 1.54) is 19.3 Å². The first-order valence-electron chi connectivity index (χ1n) is 5.71. The fourth-order valence-electron chi connectivity index (χ4n) is 1.64. The minimum Gasteiger partial charge on any atom is -0.468 e. The van der Waals surface area contributed by atoms with Gasteiger partial charge in [-0.15, -0.1) is 0 Å². The number of nitrogens with zero attached hydrogens (tertiary/aromatic N) is 1. The highest BCUT2D eigenvalue weighted by molar-refractivity contribution is 5.16. The average Bonchev–Trinajstić information content (AvgIpc) is 2.65. The van der Waals surface area contributed by atoms with Crippen molar-refractivity contribution in [1.29, 1.82) is 0 Å². The van der Waals surface area contributed by atoms with Crippen LogP contribution in [-0.4, -0.2) is 18.5 Å². The maximum atomic E-state index is 5.61. The van der Waals surface area contributed by atoms with E-state index >= 15 is 0 Å². The zero-order valence-corrected chi connectivity index (χ0v) is 9.83. The predicted octanol–water partition coefficient (Wildman–Crippen LogP) is 2.36. The molecule has 0 spiro atoms. The molecule has 0 saturated heterocycles. The second-order valence-corrected chi connectivity index (χ2v) is 4.02. The zero-order chi connectivity index (χ0) is 11.1. The molecule has 15 heavy (non-hydrogen) atoms. The third-order valence-electron chi connectivity index (χ3n) is 2.61. The molecule has 1 heterocycles. The van der Waals surface area contributed by atoms with Gasteiger partial charge in [0.2, 0.25) is 0 Å². The lowest BCUT2D eigenvalue weighted by Crippen LogP contribution is -2.19. The first-order valence-corrected chi connectivity index (χ1v) is 5.71. The molecule has 0 aliphatic heterocycles. The van der Waals surface area contributed by atoms with Gasteiger partial charge in [0.05, 0.1) is 12.8 Å². The minimum atomic E-state index is 0.564. The molecule has 0 radical (unpaired) electrons. The van der Waals surface area contributed by atoms with E-state index in [2.05, 4.69) is 18.9 Å². The average molecular weight is 210 g/mol. The van der Waals surface area contributed by atoms with E-state index in [1.807, 2.05) is 6.07 Å². The van der Waals surface area contributed by atoms with Crippen LogP contribution >= 0.6 is 0 Å². The largest absolute Gasteiger partial charge is 0.468 e. The summed E-state index contributed by atoms with van der Waals surface area (Å²) < 4.78 is 5.41. The Balaban J connectivity index is 2.33. The fraction of sp³-hybridized carbons (Fsp3) is 0.667. The van der Waals surface area contributed by atoms with Gasteiger partial charge in [0, 0.05) is 12.1 Å². The Morgan fingerprint density at radius 3 is 2.87 bits per heavy atom. The summed E-state index contributed by atoms with van der Waals surface area (Å²) in [6.45, 7) is 4.77. The SMILES string of the molecule is CCCCCN(C)Cc1occc1CN. The molecule has 1 rings (SSSR count). The highest BCUT2D eigenvalue weighted by Crippen LogP contribution is 2.12. The van der Waals surface area contributed by atoms with E-state index in [9.17, 15) is 0 Å². The molecule has 0 unspecified atom stereocenters. The lowest BCUT2D eigenvalue weighted by molar-refractivity contribution is 0.287. The van der Waals surface area contributed by atoms with Crippen LogP contribution < -0.4 is 5.73 Å². The summed E-state index contributed by atoms with van der Waals surface area (Å²) in [5, 5.41) is 0. The summed E-state index contributed by atoms with van der Waals surface area (Å²) in [6.07, 6.45) is 5.54. The van der Waals surface area contributed by atoms with Gasteiger partial charge in [0.25, 0.3) is 0 Å². The Bertz CT molecular complexity index is 270. The Morgan fingerprint density at radius 2 is 2.20 bits per heavy atom. The van der Waals surface area contributed by atoms with E-state index in [1.54, 1.807) is 6.26 Å². The third kappa shape index (κ3) is 4.06. The highest BCUT2D eigenvalue weighted by Gasteiger charge is 2.07. The summed E-state index contributed by atoms with van der Waals surface area (Å²) in [4.78, 5) is 2.29. The molecule has 0 aliphatic rings. The highest BCUT2D eigenvalue weighted by atomic mass is 16.3. The van der Waals surface area contributed by atoms with Crippen LogP contribution in [0.5, 0.6) is 0 Å². The maximum Gasteiger partial charge on any atom is 0.122 e. The number of rotatable bonds is 7. The topological polar surface area (TPSA) is 42.4 Å². The van der Waals surface area contributed by atoms with Crippen LogP contribution in [0.15, 0.2) is 16.7 Å². The number of unbranched alkanes of at least 4 members (excludes halogenated alkanes) is 2. The van der Waals surface area contributed by atoms with Gasteiger partial charge in [-0.3, -0.25) is 4.90 Å². The molecule has 0 aromatic carbocycles. The molecule has 3 nitrogen and oxygen atoms in total. The zero-order valence-electron chi connectivity index (χ0n) is 9.83. The lowest BCUT2D eigenvalue weighted by atomic mass is 10.2. The Kier molecular flexibility index (Phi) is 5.43. The molecule has 0 fully saturated rings. The monoisotopic (exact) mass is 210 g/mol. The van der Waals surface area contributed by atoms with Crippen molar-refractivity contribution in [2.75, 3.05) is 13.6 Å². The van der Waals surface area contributed by atoms with Crippen molar-refractivity contribution in [3.8, 4) is 0 Å². The molecule has 1 aromatic heterocycles. The van der Waals surface area contributed by atoms with Crippen LogP contribution in [0.3, 0.4) is 0 Å². The van der Waals surface area contributed by atoms with Gasteiger partial charge < -0.3 is 10.2 Å². The summed E-state index contributed by atoms with van der Waals surface area (Å²) in [6, 6.07) is 1.95. The van der Waals surface area contributed by atoms with Gasteiger partial charge in [0.1, 0.15) is 5.76 Å². The molecular formula is C12H22N2O. The van der Waals surface area contributed by atoms with Crippen molar-refractivity contribution >= 4 is 0 Å². The third-order valence-corrected chi connectivity index (χ3v) is 2.61. The fourth-order valence-corrected chi connectivity index (χ4v) is 1.64. The number of hydrogen-bond acceptors (Lipinski definition) is 3. The first kappa shape index (κ1) is 12.3. The number of nitrogens with two attached hydrogens (primary N) is 1. The summed E-state index contributed by atoms with van der Waals surface area (Å²) in [5.74, 6) is 1.01. The molecule has 0 atom stereocenters. The lowest BCUT2D eigenvalue weighted by Gasteiger charge is -2.15. The molecule has 0 aliphatic carbocycles. The van der Waals surface area contributed by atoms with Crippen LogP contribution in [0, 0.1) is 0 Å². The molecule has 0 saturated carbocycles. The van der Waals surface area contributed by atoms with E-state index in [-0.39, 0.29) is 0 Å². The Hall–Kier alpha value is -0.800. The van der Waals surface area contributed by atoms with Crippen LogP contribution in [0.2, 0.25) is 0 Å². The quantitative estimate of drug-likeness (QED) is 0.702. The van der Waals surface area contributed by atoms with Crippen molar-refractivity contribution in [3.05, 3.63) is 23.7 Å². The summed E-state index contributed by atoms with van der Waals surface area (Å²) in [7, 11) is 2.12. The molecule has 0 amide bonds. The van der Waals surface area contributed by atoms with Gasteiger partial charge in [-0.1, -0.05) is 19.8 Å². The van der Waals surface area contributed by atoms with Crippen LogP contribution in [0.1, 0.15) is 37.5 Å². The van der Waals surface area contributed by atoms with Crippen molar-refractivity contribution in [2.45, 2.75) is 39.3 Å². The van der Waals surface area contributed by atoms with E-state index in [0.29, 0.717) is 6.54 Å². The molecule has 2 N–H and O–H groups in total. The number of furan rings is 1. The van der Waals surface area contributed by atoms with Crippen LogP contribution in [0.4, 0.5) is 0 Å². The van der Waals surface area contributed by atoms with Gasteiger partial charge >= 0.3 is 0 Å². The first-order chi connectivity index (χ1) is 7.27. The normalized spacial score (nSPS) is 11.2. The van der Waals surface area contributed by atoms with E-state index in [0.717, 1.165) is 24.4 Å². The van der Waals surface area contributed by atoms with E-state index in [4.69, 9.17) is 10.2 Å². The van der Waals surface area contributed by atoms with Crippen LogP contribution in [-0.2, 0) is 13.1 Å². The van der Waals surface area contributed by atoms with Crippen LogP contribution in [0.25, 0.3) is 0 Å². The van der Waals surface area contributed by atoms with Crippen molar-refractivity contribution < 1.29 is 4.42 Å². The van der Waals surface area contributed by atoms with Gasteiger partial charge in [-0.25, -0.2) is 0 Å². The standard InChI is InChI=1S/C12H22N2O/c1-3-4-5-7-14(2)10-12-11(9-13)6-8-15-12/h6,8H,3-5,7,9-10,13H2,1-2H3. The molecule has 0 bridgehead atoms. The second-order valence-electron chi connectivity index (χ2n) is 4.02. The predicted molar refractivity (Wildman–Crippen MR) is 62.5 cm³/mol. The Morgan fingerprint density at radius 1 is 1.40 bits per heavy atom. The van der Waals surface area contributed by atoms with Crippen molar-refractivity contribution in [1.82, 2.24) is 4.90 Å². The summed E-state index contributed by atoms with van der Waals surface area (Å²) in [5.41, 5.74) is 6.74.